The van der Waals surface area contributed by atoms with Gasteiger partial charge in [0, 0.05) is 0 Å². The lowest BCUT2D eigenvalue weighted by Gasteiger charge is -2.13. The van der Waals surface area contributed by atoms with Crippen molar-refractivity contribution < 1.29 is 19.8 Å². The van der Waals surface area contributed by atoms with E-state index in [-0.39, 0.29) is 22.6 Å². The number of aromatic hydroxyl groups is 2. The molecule has 5 heteroatoms. The number of imide groups is 1. The van der Waals surface area contributed by atoms with Crippen LogP contribution in [0.5, 0.6) is 11.5 Å². The Hall–Kier alpha value is -2.82. The topological polar surface area (TPSA) is 77.8 Å². The van der Waals surface area contributed by atoms with Gasteiger partial charge in [-0.3, -0.25) is 9.59 Å². The third-order valence-electron chi connectivity index (χ3n) is 3.00. The molecule has 2 N–H and O–H groups in total. The quantitative estimate of drug-likeness (QED) is 0.763. The minimum atomic E-state index is -0.566. The smallest absolute Gasteiger partial charge is 0.269 e. The third kappa shape index (κ3) is 1.55. The van der Waals surface area contributed by atoms with Crippen molar-refractivity contribution in [3.05, 3.63) is 53.6 Å². The molecule has 0 atom stereocenters. The maximum Gasteiger partial charge on any atom is 0.269 e. The second kappa shape index (κ2) is 3.84. The van der Waals surface area contributed by atoms with Crippen molar-refractivity contribution in [2.24, 2.45) is 0 Å². The molecule has 0 radical (unpaired) electrons. The predicted molar refractivity (Wildman–Crippen MR) is 67.4 cm³/mol. The summed E-state index contributed by atoms with van der Waals surface area (Å²) in [6.07, 6.45) is 0. The molecule has 0 aromatic heterocycles. The number of nitrogens with zero attached hydrogens (tertiary/aromatic N) is 1. The number of phenols is 2. The average Bonchev–Trinajstić information content (AvgIpc) is 2.65. The number of phenolic OH excluding ortho intramolecular Hbond substituents is 2. The van der Waals surface area contributed by atoms with Gasteiger partial charge >= 0.3 is 0 Å². The first kappa shape index (κ1) is 11.3. The summed E-state index contributed by atoms with van der Waals surface area (Å²) in [5, 5.41) is 18.9. The highest BCUT2D eigenvalue weighted by Gasteiger charge is 2.38. The number of amides is 2. The SMILES string of the molecule is O=C1c2cccc(O)c2C(=O)N1c1ccc(O)cc1. The zero-order valence-corrected chi connectivity index (χ0v) is 9.70. The fraction of sp³-hybridized carbons (Fsp3) is 0. The molecule has 0 fully saturated rings. The first-order valence-corrected chi connectivity index (χ1v) is 5.59. The molecular weight excluding hydrogens is 246 g/mol. The Morgan fingerprint density at radius 2 is 1.53 bits per heavy atom. The van der Waals surface area contributed by atoms with Crippen molar-refractivity contribution >= 4 is 17.5 Å². The molecule has 2 aromatic carbocycles. The minimum Gasteiger partial charge on any atom is -0.508 e. The van der Waals surface area contributed by atoms with Crippen LogP contribution in [0.4, 0.5) is 5.69 Å². The molecule has 19 heavy (non-hydrogen) atoms. The Morgan fingerprint density at radius 1 is 0.842 bits per heavy atom. The van der Waals surface area contributed by atoms with Crippen LogP contribution < -0.4 is 4.90 Å². The molecule has 1 aliphatic rings. The summed E-state index contributed by atoms with van der Waals surface area (Å²) in [5.74, 6) is -1.22. The molecule has 94 valence electrons. The van der Waals surface area contributed by atoms with Crippen LogP contribution in [0.1, 0.15) is 20.7 Å². The zero-order chi connectivity index (χ0) is 13.6. The lowest BCUT2D eigenvalue weighted by atomic mass is 10.1. The molecule has 0 bridgehead atoms. The van der Waals surface area contributed by atoms with Gasteiger partial charge in [0.15, 0.2) is 0 Å². The number of hydrogen-bond donors (Lipinski definition) is 2. The number of carbonyl (C=O) groups is 2. The number of carbonyl (C=O) groups excluding carboxylic acids is 2. The van der Waals surface area contributed by atoms with Gasteiger partial charge in [0.05, 0.1) is 16.8 Å². The summed E-state index contributed by atoms with van der Waals surface area (Å²) in [4.78, 5) is 25.3. The highest BCUT2D eigenvalue weighted by atomic mass is 16.3. The Balaban J connectivity index is 2.13. The van der Waals surface area contributed by atoms with Crippen LogP contribution in [-0.4, -0.2) is 22.0 Å². The van der Waals surface area contributed by atoms with E-state index in [1.807, 2.05) is 0 Å². The van der Waals surface area contributed by atoms with E-state index in [1.165, 1.54) is 42.5 Å². The number of fused-ring (bicyclic) bond motifs is 1. The number of rotatable bonds is 1. The van der Waals surface area contributed by atoms with Crippen molar-refractivity contribution in [1.82, 2.24) is 0 Å². The van der Waals surface area contributed by atoms with Gasteiger partial charge in [0.25, 0.3) is 11.8 Å². The fourth-order valence-corrected chi connectivity index (χ4v) is 2.10. The van der Waals surface area contributed by atoms with E-state index >= 15 is 0 Å². The van der Waals surface area contributed by atoms with Crippen LogP contribution in [0.3, 0.4) is 0 Å². The highest BCUT2D eigenvalue weighted by molar-refractivity contribution is 6.35. The van der Waals surface area contributed by atoms with Gasteiger partial charge in [-0.05, 0) is 36.4 Å². The van der Waals surface area contributed by atoms with Gasteiger partial charge in [-0.15, -0.1) is 0 Å². The Labute approximate surface area is 108 Å². The molecule has 0 unspecified atom stereocenters. The van der Waals surface area contributed by atoms with Crippen LogP contribution in [0.25, 0.3) is 0 Å². The molecule has 1 heterocycles. The molecule has 2 amide bonds. The first-order chi connectivity index (χ1) is 9.09. The standard InChI is InChI=1S/C14H9NO4/c16-9-6-4-8(5-7-9)15-13(18)10-2-1-3-11(17)12(10)14(15)19/h1-7,16-17H. The van der Waals surface area contributed by atoms with E-state index in [0.29, 0.717) is 5.69 Å². The van der Waals surface area contributed by atoms with Gasteiger partial charge in [-0.1, -0.05) is 6.07 Å². The Bertz CT molecular complexity index is 691. The third-order valence-corrected chi connectivity index (χ3v) is 3.00. The minimum absolute atomic E-state index is 0.0144. The Morgan fingerprint density at radius 3 is 2.16 bits per heavy atom. The number of anilines is 1. The normalized spacial score (nSPS) is 13.8. The summed E-state index contributed by atoms with van der Waals surface area (Å²) in [6, 6.07) is 10.1. The summed E-state index contributed by atoms with van der Waals surface area (Å²) in [7, 11) is 0. The van der Waals surface area contributed by atoms with E-state index in [1.54, 1.807) is 0 Å². The number of benzene rings is 2. The van der Waals surface area contributed by atoms with E-state index < -0.39 is 11.8 Å². The van der Waals surface area contributed by atoms with Gasteiger partial charge in [0.2, 0.25) is 0 Å². The summed E-state index contributed by atoms with van der Waals surface area (Å²) < 4.78 is 0. The Kier molecular flexibility index (Phi) is 2.28. The lowest BCUT2D eigenvalue weighted by molar-refractivity contribution is 0.0925. The molecule has 3 rings (SSSR count). The second-order valence-corrected chi connectivity index (χ2v) is 4.16. The van der Waals surface area contributed by atoms with Gasteiger partial charge in [-0.25, -0.2) is 4.90 Å². The monoisotopic (exact) mass is 255 g/mol. The molecule has 0 aliphatic carbocycles. The van der Waals surface area contributed by atoms with Crippen molar-refractivity contribution in [1.29, 1.82) is 0 Å². The van der Waals surface area contributed by atoms with E-state index in [4.69, 9.17) is 0 Å². The van der Waals surface area contributed by atoms with Crippen LogP contribution in [0, 0.1) is 0 Å². The highest BCUT2D eigenvalue weighted by Crippen LogP contribution is 2.33. The molecule has 5 nitrogen and oxygen atoms in total. The molecule has 1 aliphatic heterocycles. The summed E-state index contributed by atoms with van der Waals surface area (Å²) in [6.45, 7) is 0. The zero-order valence-electron chi connectivity index (χ0n) is 9.70. The van der Waals surface area contributed by atoms with Crippen LogP contribution in [-0.2, 0) is 0 Å². The van der Waals surface area contributed by atoms with E-state index in [2.05, 4.69) is 0 Å². The summed E-state index contributed by atoms with van der Waals surface area (Å²) in [5.41, 5.74) is 0.544. The fourth-order valence-electron chi connectivity index (χ4n) is 2.10. The van der Waals surface area contributed by atoms with Gasteiger partial charge in [-0.2, -0.15) is 0 Å². The van der Waals surface area contributed by atoms with Crippen molar-refractivity contribution in [3.8, 4) is 11.5 Å². The van der Waals surface area contributed by atoms with E-state index in [0.717, 1.165) is 4.90 Å². The maximum atomic E-state index is 12.2. The van der Waals surface area contributed by atoms with Crippen molar-refractivity contribution in [3.63, 3.8) is 0 Å². The van der Waals surface area contributed by atoms with Crippen LogP contribution in [0.15, 0.2) is 42.5 Å². The largest absolute Gasteiger partial charge is 0.508 e. The van der Waals surface area contributed by atoms with Crippen LogP contribution >= 0.6 is 0 Å². The van der Waals surface area contributed by atoms with Crippen molar-refractivity contribution in [2.45, 2.75) is 0 Å². The molecule has 2 aromatic rings. The van der Waals surface area contributed by atoms with Gasteiger partial charge < -0.3 is 10.2 Å². The first-order valence-electron chi connectivity index (χ1n) is 5.59. The van der Waals surface area contributed by atoms with Gasteiger partial charge in [0.1, 0.15) is 11.5 Å². The number of hydrogen-bond acceptors (Lipinski definition) is 4. The molecule has 0 spiro atoms. The van der Waals surface area contributed by atoms with Crippen molar-refractivity contribution in [2.75, 3.05) is 4.90 Å². The van der Waals surface area contributed by atoms with Crippen LogP contribution in [0.2, 0.25) is 0 Å². The lowest BCUT2D eigenvalue weighted by Crippen LogP contribution is -2.29. The maximum absolute atomic E-state index is 12.2. The second-order valence-electron chi connectivity index (χ2n) is 4.16. The average molecular weight is 255 g/mol. The molecule has 0 saturated carbocycles. The summed E-state index contributed by atoms with van der Waals surface area (Å²) >= 11 is 0. The molecule has 0 saturated heterocycles. The predicted octanol–water partition coefficient (Wildman–Crippen LogP) is 1.90. The van der Waals surface area contributed by atoms with E-state index in [9.17, 15) is 19.8 Å². The molecular formula is C14H9NO4.